The zero-order valence-electron chi connectivity index (χ0n) is 12.1. The first-order chi connectivity index (χ1) is 10.1. The lowest BCUT2D eigenvalue weighted by atomic mass is 10.3. The molecule has 0 atom stereocenters. The number of anilines is 1. The fourth-order valence-electron chi connectivity index (χ4n) is 1.46. The monoisotopic (exact) mass is 295 g/mol. The second-order valence-corrected chi connectivity index (χ2v) is 4.30. The van der Waals surface area contributed by atoms with Crippen molar-refractivity contribution in [3.05, 3.63) is 24.3 Å². The molecule has 21 heavy (non-hydrogen) atoms. The number of hydrogen-bond donors (Lipinski definition) is 3. The normalized spacial score (nSPS) is 9.95. The first-order valence-electron chi connectivity index (χ1n) is 6.62. The third kappa shape index (κ3) is 7.78. The average Bonchev–Trinajstić information content (AvgIpc) is 2.47. The molecule has 0 aliphatic heterocycles. The quantitative estimate of drug-likeness (QED) is 0.437. The summed E-state index contributed by atoms with van der Waals surface area (Å²) in [5.41, 5.74) is 6.17. The molecule has 0 saturated heterocycles. The fraction of sp³-hybridized carbons (Fsp3) is 0.429. The van der Waals surface area contributed by atoms with Gasteiger partial charge in [-0.2, -0.15) is 0 Å². The van der Waals surface area contributed by atoms with Gasteiger partial charge in [0.05, 0.1) is 6.61 Å². The summed E-state index contributed by atoms with van der Waals surface area (Å²) in [7, 11) is 1.56. The van der Waals surface area contributed by atoms with E-state index in [4.69, 9.17) is 15.2 Å². The molecule has 0 bridgehead atoms. The number of hydrogen-bond acceptors (Lipinski definition) is 5. The van der Waals surface area contributed by atoms with Crippen LogP contribution in [-0.4, -0.2) is 45.2 Å². The van der Waals surface area contributed by atoms with Gasteiger partial charge in [-0.1, -0.05) is 0 Å². The van der Waals surface area contributed by atoms with Gasteiger partial charge >= 0.3 is 0 Å². The van der Waals surface area contributed by atoms with Crippen LogP contribution in [0.1, 0.15) is 6.42 Å². The Hall–Kier alpha value is -2.28. The Morgan fingerprint density at radius 1 is 1.10 bits per heavy atom. The highest BCUT2D eigenvalue weighted by molar-refractivity contribution is 5.79. The van der Waals surface area contributed by atoms with Crippen LogP contribution in [0.15, 0.2) is 24.3 Å². The molecule has 0 radical (unpaired) electrons. The Labute approximate surface area is 123 Å². The maximum Gasteiger partial charge on any atom is 0.257 e. The molecule has 1 aromatic rings. The Morgan fingerprint density at radius 2 is 1.76 bits per heavy atom. The van der Waals surface area contributed by atoms with Crippen LogP contribution in [0, 0.1) is 0 Å². The van der Waals surface area contributed by atoms with Crippen LogP contribution >= 0.6 is 0 Å². The topological polar surface area (TPSA) is 103 Å². The molecule has 0 saturated carbocycles. The van der Waals surface area contributed by atoms with E-state index < -0.39 is 0 Å². The predicted molar refractivity (Wildman–Crippen MR) is 78.9 cm³/mol. The van der Waals surface area contributed by atoms with Gasteiger partial charge < -0.3 is 25.8 Å². The molecular weight excluding hydrogens is 274 g/mol. The molecule has 1 aromatic carbocycles. The van der Waals surface area contributed by atoms with Crippen molar-refractivity contribution in [2.24, 2.45) is 0 Å². The number of methoxy groups -OCH3 is 1. The van der Waals surface area contributed by atoms with Gasteiger partial charge in [0.15, 0.2) is 6.61 Å². The average molecular weight is 295 g/mol. The third-order valence-corrected chi connectivity index (χ3v) is 2.55. The van der Waals surface area contributed by atoms with Gasteiger partial charge in [-0.05, 0) is 24.3 Å². The summed E-state index contributed by atoms with van der Waals surface area (Å²) >= 11 is 0. The molecule has 0 unspecified atom stereocenters. The number of nitrogen functional groups attached to an aromatic ring is 1. The highest BCUT2D eigenvalue weighted by Gasteiger charge is 2.04. The van der Waals surface area contributed by atoms with E-state index in [-0.39, 0.29) is 31.4 Å². The summed E-state index contributed by atoms with van der Waals surface area (Å²) < 4.78 is 10.1. The van der Waals surface area contributed by atoms with E-state index in [2.05, 4.69) is 10.6 Å². The van der Waals surface area contributed by atoms with Crippen molar-refractivity contribution in [2.75, 3.05) is 39.1 Å². The van der Waals surface area contributed by atoms with Gasteiger partial charge in [0, 0.05) is 32.3 Å². The van der Waals surface area contributed by atoms with E-state index in [1.807, 2.05) is 0 Å². The number of carbonyl (C=O) groups is 2. The van der Waals surface area contributed by atoms with Crippen LogP contribution in [0.4, 0.5) is 5.69 Å². The van der Waals surface area contributed by atoms with Gasteiger partial charge in [0.2, 0.25) is 5.91 Å². The Morgan fingerprint density at radius 3 is 2.43 bits per heavy atom. The van der Waals surface area contributed by atoms with Gasteiger partial charge in [-0.3, -0.25) is 9.59 Å². The number of nitrogens with two attached hydrogens (primary N) is 1. The lowest BCUT2D eigenvalue weighted by Crippen LogP contribution is -2.34. The Kier molecular flexibility index (Phi) is 7.67. The van der Waals surface area contributed by atoms with Crippen molar-refractivity contribution in [3.8, 4) is 5.75 Å². The van der Waals surface area contributed by atoms with Gasteiger partial charge in [-0.25, -0.2) is 0 Å². The van der Waals surface area contributed by atoms with Gasteiger partial charge in [-0.15, -0.1) is 0 Å². The van der Waals surface area contributed by atoms with Crippen molar-refractivity contribution >= 4 is 17.5 Å². The Bertz CT molecular complexity index is 448. The zero-order chi connectivity index (χ0) is 15.5. The predicted octanol–water partition coefficient (Wildman–Crippen LogP) is -0.0835. The molecule has 4 N–H and O–H groups in total. The number of nitrogens with one attached hydrogen (secondary N) is 2. The van der Waals surface area contributed by atoms with E-state index in [1.54, 1.807) is 31.4 Å². The molecule has 2 amide bonds. The molecule has 7 heteroatoms. The molecule has 0 fully saturated rings. The minimum atomic E-state index is -0.281. The summed E-state index contributed by atoms with van der Waals surface area (Å²) in [6, 6.07) is 6.76. The minimum absolute atomic E-state index is 0.102. The number of carbonyl (C=O) groups excluding carboxylic acids is 2. The highest BCUT2D eigenvalue weighted by atomic mass is 16.5. The largest absolute Gasteiger partial charge is 0.484 e. The highest BCUT2D eigenvalue weighted by Crippen LogP contribution is 2.12. The molecule has 0 spiro atoms. The van der Waals surface area contributed by atoms with Crippen molar-refractivity contribution < 1.29 is 19.1 Å². The molecule has 116 valence electrons. The van der Waals surface area contributed by atoms with Crippen LogP contribution < -0.4 is 21.1 Å². The summed E-state index contributed by atoms with van der Waals surface area (Å²) in [6.07, 6.45) is 0.220. The molecule has 0 heterocycles. The van der Waals surface area contributed by atoms with Crippen molar-refractivity contribution in [2.45, 2.75) is 6.42 Å². The lowest BCUT2D eigenvalue weighted by molar-refractivity contribution is -0.123. The summed E-state index contributed by atoms with van der Waals surface area (Å²) in [6.45, 7) is 1.09. The van der Waals surface area contributed by atoms with E-state index in [0.29, 0.717) is 24.6 Å². The standard InChI is InChI=1S/C14H21N3O4/c1-20-9-8-17-13(18)6-7-16-14(19)10-21-12-4-2-11(15)3-5-12/h2-5H,6-10,15H2,1H3,(H,16,19)(H,17,18). The van der Waals surface area contributed by atoms with Crippen LogP contribution in [0.3, 0.4) is 0 Å². The van der Waals surface area contributed by atoms with Crippen LogP contribution in [-0.2, 0) is 14.3 Å². The fourth-order valence-corrected chi connectivity index (χ4v) is 1.46. The first-order valence-corrected chi connectivity index (χ1v) is 6.62. The van der Waals surface area contributed by atoms with Crippen LogP contribution in [0.5, 0.6) is 5.75 Å². The van der Waals surface area contributed by atoms with Gasteiger partial charge in [0.1, 0.15) is 5.75 Å². The second-order valence-electron chi connectivity index (χ2n) is 4.30. The van der Waals surface area contributed by atoms with Crippen molar-refractivity contribution in [1.82, 2.24) is 10.6 Å². The lowest BCUT2D eigenvalue weighted by Gasteiger charge is -2.08. The number of ether oxygens (including phenoxy) is 2. The number of rotatable bonds is 9. The molecular formula is C14H21N3O4. The second kappa shape index (κ2) is 9.60. The minimum Gasteiger partial charge on any atom is -0.484 e. The van der Waals surface area contributed by atoms with Crippen LogP contribution in [0.2, 0.25) is 0 Å². The summed E-state index contributed by atoms with van der Waals surface area (Å²) in [5, 5.41) is 5.27. The molecule has 0 aliphatic carbocycles. The molecule has 1 rings (SSSR count). The number of benzene rings is 1. The van der Waals surface area contributed by atoms with E-state index in [9.17, 15) is 9.59 Å². The van der Waals surface area contributed by atoms with E-state index >= 15 is 0 Å². The maximum atomic E-state index is 11.5. The zero-order valence-corrected chi connectivity index (χ0v) is 12.1. The molecule has 0 aliphatic rings. The van der Waals surface area contributed by atoms with Gasteiger partial charge in [0.25, 0.3) is 5.91 Å². The van der Waals surface area contributed by atoms with Crippen molar-refractivity contribution in [3.63, 3.8) is 0 Å². The third-order valence-electron chi connectivity index (χ3n) is 2.55. The summed E-state index contributed by atoms with van der Waals surface area (Å²) in [4.78, 5) is 22.9. The van der Waals surface area contributed by atoms with Crippen molar-refractivity contribution in [1.29, 1.82) is 0 Å². The SMILES string of the molecule is COCCNC(=O)CCNC(=O)COc1ccc(N)cc1. The van der Waals surface area contributed by atoms with E-state index in [0.717, 1.165) is 0 Å². The molecule has 7 nitrogen and oxygen atoms in total. The molecule has 0 aromatic heterocycles. The van der Waals surface area contributed by atoms with E-state index in [1.165, 1.54) is 0 Å². The maximum absolute atomic E-state index is 11.5. The first kappa shape index (κ1) is 16.8. The van der Waals surface area contributed by atoms with Crippen LogP contribution in [0.25, 0.3) is 0 Å². The summed E-state index contributed by atoms with van der Waals surface area (Å²) in [5.74, 6) is 0.153. The Balaban J connectivity index is 2.11. The smallest absolute Gasteiger partial charge is 0.257 e. The number of amides is 2.